The molecule has 0 spiro atoms. The average Bonchev–Trinajstić information content (AvgIpc) is 2.56. The third kappa shape index (κ3) is 1.28. The molecular weight excluding hydrogens is 196 g/mol. The molecule has 2 N–H and O–H groups in total. The molecular formula is C10H8N2O3. The van der Waals surface area contributed by atoms with Gasteiger partial charge in [0.05, 0.1) is 0 Å². The zero-order chi connectivity index (χ0) is 10.9. The Kier molecular flexibility index (Phi) is 2.00. The highest BCUT2D eigenvalue weighted by molar-refractivity contribution is 6.15. The molecule has 0 aromatic heterocycles. The summed E-state index contributed by atoms with van der Waals surface area (Å²) < 4.78 is 0. The smallest absolute Gasteiger partial charge is 0.314 e. The van der Waals surface area contributed by atoms with Crippen LogP contribution in [0.25, 0.3) is 0 Å². The lowest BCUT2D eigenvalue weighted by atomic mass is 9.92. The Bertz CT molecular complexity index is 430. The summed E-state index contributed by atoms with van der Waals surface area (Å²) in [7, 11) is 0. The van der Waals surface area contributed by atoms with E-state index in [2.05, 4.69) is 5.32 Å². The second kappa shape index (κ2) is 3.20. The van der Waals surface area contributed by atoms with Gasteiger partial charge in [0.25, 0.3) is 5.91 Å². The molecule has 1 aromatic carbocycles. The van der Waals surface area contributed by atoms with Crippen molar-refractivity contribution in [2.45, 2.75) is 5.54 Å². The van der Waals surface area contributed by atoms with Crippen LogP contribution in [0.15, 0.2) is 30.3 Å². The molecule has 0 saturated carbocycles. The molecule has 0 aliphatic carbocycles. The minimum Gasteiger partial charge on any atom is -0.314 e. The van der Waals surface area contributed by atoms with Crippen molar-refractivity contribution in [2.24, 2.45) is 0 Å². The van der Waals surface area contributed by atoms with E-state index >= 15 is 0 Å². The fourth-order valence-corrected chi connectivity index (χ4v) is 1.52. The standard InChI is InChI=1S/C10H8N2O3/c13-6-10(7-4-2-1-3-5-7)8(14)11-9(15)12-10/h1-6H,(H2,11,12,14,15)/t10-/m0/s1. The first-order valence-corrected chi connectivity index (χ1v) is 4.34. The fraction of sp³-hybridized carbons (Fsp3) is 0.100. The number of urea groups is 1. The van der Waals surface area contributed by atoms with Gasteiger partial charge in [-0.15, -0.1) is 0 Å². The Morgan fingerprint density at radius 1 is 1.13 bits per heavy atom. The van der Waals surface area contributed by atoms with E-state index in [1.54, 1.807) is 30.3 Å². The van der Waals surface area contributed by atoms with Gasteiger partial charge in [0.2, 0.25) is 5.54 Å². The number of imide groups is 1. The van der Waals surface area contributed by atoms with Crippen molar-refractivity contribution in [1.82, 2.24) is 10.6 Å². The summed E-state index contributed by atoms with van der Waals surface area (Å²) in [5.74, 6) is -0.645. The van der Waals surface area contributed by atoms with Crippen molar-refractivity contribution in [3.8, 4) is 0 Å². The number of carbonyl (C=O) groups is 3. The number of carbonyl (C=O) groups excluding carboxylic acids is 3. The summed E-state index contributed by atoms with van der Waals surface area (Å²) in [6, 6.07) is 7.71. The van der Waals surface area contributed by atoms with E-state index in [-0.39, 0.29) is 0 Å². The largest absolute Gasteiger partial charge is 0.322 e. The number of rotatable bonds is 2. The van der Waals surface area contributed by atoms with Crippen LogP contribution in [-0.2, 0) is 15.1 Å². The molecule has 1 aliphatic heterocycles. The predicted octanol–water partition coefficient (Wildman–Crippen LogP) is -0.0798. The number of aldehydes is 1. The van der Waals surface area contributed by atoms with Crippen LogP contribution in [-0.4, -0.2) is 18.2 Å². The van der Waals surface area contributed by atoms with Gasteiger partial charge in [-0.25, -0.2) is 4.79 Å². The number of hydrogen-bond acceptors (Lipinski definition) is 3. The highest BCUT2D eigenvalue weighted by Crippen LogP contribution is 2.22. The van der Waals surface area contributed by atoms with E-state index < -0.39 is 17.5 Å². The van der Waals surface area contributed by atoms with Gasteiger partial charge in [-0.3, -0.25) is 14.9 Å². The Balaban J connectivity index is 2.52. The summed E-state index contributed by atoms with van der Waals surface area (Å²) in [4.78, 5) is 33.5. The Morgan fingerprint density at radius 3 is 2.27 bits per heavy atom. The molecule has 1 atom stereocenters. The molecule has 3 amide bonds. The zero-order valence-electron chi connectivity index (χ0n) is 7.69. The minimum absolute atomic E-state index is 0.433. The summed E-state index contributed by atoms with van der Waals surface area (Å²) >= 11 is 0. The van der Waals surface area contributed by atoms with Crippen LogP contribution in [0.3, 0.4) is 0 Å². The van der Waals surface area contributed by atoms with Crippen molar-refractivity contribution in [2.75, 3.05) is 0 Å². The molecule has 1 heterocycles. The van der Waals surface area contributed by atoms with E-state index in [9.17, 15) is 14.4 Å². The van der Waals surface area contributed by atoms with Crippen LogP contribution in [0, 0.1) is 0 Å². The van der Waals surface area contributed by atoms with Crippen molar-refractivity contribution < 1.29 is 14.4 Å². The van der Waals surface area contributed by atoms with Crippen LogP contribution in [0.4, 0.5) is 4.79 Å². The van der Waals surface area contributed by atoms with E-state index in [4.69, 9.17) is 0 Å². The quantitative estimate of drug-likeness (QED) is 0.402. The van der Waals surface area contributed by atoms with Crippen molar-refractivity contribution in [3.05, 3.63) is 35.9 Å². The van der Waals surface area contributed by atoms with Gasteiger partial charge in [0.15, 0.2) is 6.29 Å². The third-order valence-electron chi connectivity index (χ3n) is 2.30. The van der Waals surface area contributed by atoms with Gasteiger partial charge in [0, 0.05) is 0 Å². The van der Waals surface area contributed by atoms with Crippen LogP contribution in [0.1, 0.15) is 5.56 Å². The van der Waals surface area contributed by atoms with Gasteiger partial charge in [0.1, 0.15) is 0 Å². The maximum atomic E-state index is 11.5. The highest BCUT2D eigenvalue weighted by Gasteiger charge is 2.47. The average molecular weight is 204 g/mol. The monoisotopic (exact) mass is 204 g/mol. The molecule has 1 aromatic rings. The van der Waals surface area contributed by atoms with Gasteiger partial charge in [-0.05, 0) is 5.56 Å². The third-order valence-corrected chi connectivity index (χ3v) is 2.30. The number of amides is 3. The second-order valence-corrected chi connectivity index (χ2v) is 3.20. The molecule has 76 valence electrons. The maximum absolute atomic E-state index is 11.5. The zero-order valence-corrected chi connectivity index (χ0v) is 7.69. The SMILES string of the molecule is O=C[C@@]1(c2ccccc2)NC(=O)NC1=O. The molecule has 5 heteroatoms. The van der Waals surface area contributed by atoms with E-state index in [1.807, 2.05) is 5.32 Å². The molecule has 2 rings (SSSR count). The first kappa shape index (κ1) is 9.39. The van der Waals surface area contributed by atoms with E-state index in [1.165, 1.54) is 0 Å². The number of hydrogen-bond donors (Lipinski definition) is 2. The summed E-state index contributed by atoms with van der Waals surface area (Å²) in [6.07, 6.45) is 0.433. The van der Waals surface area contributed by atoms with Crippen LogP contribution in [0.2, 0.25) is 0 Å². The lowest BCUT2D eigenvalue weighted by molar-refractivity contribution is -0.129. The maximum Gasteiger partial charge on any atom is 0.322 e. The van der Waals surface area contributed by atoms with Crippen molar-refractivity contribution >= 4 is 18.2 Å². The normalized spacial score (nSPS) is 24.5. The van der Waals surface area contributed by atoms with Crippen molar-refractivity contribution in [3.63, 3.8) is 0 Å². The Morgan fingerprint density at radius 2 is 1.80 bits per heavy atom. The molecule has 1 aliphatic rings. The highest BCUT2D eigenvalue weighted by atomic mass is 16.2. The van der Waals surface area contributed by atoms with Gasteiger partial charge in [-0.2, -0.15) is 0 Å². The Hall–Kier alpha value is -2.17. The van der Waals surface area contributed by atoms with Crippen LogP contribution >= 0.6 is 0 Å². The van der Waals surface area contributed by atoms with Crippen LogP contribution < -0.4 is 10.6 Å². The molecule has 1 fully saturated rings. The predicted molar refractivity (Wildman–Crippen MR) is 50.9 cm³/mol. The van der Waals surface area contributed by atoms with E-state index in [0.29, 0.717) is 11.8 Å². The van der Waals surface area contributed by atoms with Crippen LogP contribution in [0.5, 0.6) is 0 Å². The van der Waals surface area contributed by atoms with Gasteiger partial charge in [-0.1, -0.05) is 30.3 Å². The van der Waals surface area contributed by atoms with Gasteiger partial charge >= 0.3 is 6.03 Å². The second-order valence-electron chi connectivity index (χ2n) is 3.20. The van der Waals surface area contributed by atoms with Crippen molar-refractivity contribution in [1.29, 1.82) is 0 Å². The molecule has 0 radical (unpaired) electrons. The summed E-state index contributed by atoms with van der Waals surface area (Å²) in [5, 5.41) is 4.35. The Labute approximate surface area is 85.5 Å². The lowest BCUT2D eigenvalue weighted by Gasteiger charge is -2.18. The first-order valence-electron chi connectivity index (χ1n) is 4.34. The summed E-state index contributed by atoms with van der Waals surface area (Å²) in [5.41, 5.74) is -1.12. The fourth-order valence-electron chi connectivity index (χ4n) is 1.52. The minimum atomic E-state index is -1.57. The molecule has 1 saturated heterocycles. The number of benzene rings is 1. The number of nitrogens with one attached hydrogen (secondary N) is 2. The molecule has 0 bridgehead atoms. The topological polar surface area (TPSA) is 75.3 Å². The first-order chi connectivity index (χ1) is 7.19. The van der Waals surface area contributed by atoms with E-state index in [0.717, 1.165) is 0 Å². The molecule has 15 heavy (non-hydrogen) atoms. The van der Waals surface area contributed by atoms with Gasteiger partial charge < -0.3 is 5.32 Å². The lowest BCUT2D eigenvalue weighted by Crippen LogP contribution is -2.45. The molecule has 0 unspecified atom stereocenters. The molecule has 5 nitrogen and oxygen atoms in total. The summed E-state index contributed by atoms with van der Waals surface area (Å²) in [6.45, 7) is 0.